The van der Waals surface area contributed by atoms with Crippen LogP contribution in [0.2, 0.25) is 0 Å². The normalized spacial score (nSPS) is 10.0. The molecule has 124 valence electrons. The molecule has 2 aromatic rings. The summed E-state index contributed by atoms with van der Waals surface area (Å²) in [4.78, 5) is 35.2. The molecule has 3 N–H and O–H groups in total. The predicted octanol–water partition coefficient (Wildman–Crippen LogP) is 1.85. The maximum atomic E-state index is 12.1. The quantitative estimate of drug-likeness (QED) is 0.706. The van der Waals surface area contributed by atoms with Gasteiger partial charge in [0.15, 0.2) is 0 Å². The first kappa shape index (κ1) is 17.2. The van der Waals surface area contributed by atoms with Crippen molar-refractivity contribution in [2.24, 2.45) is 0 Å². The van der Waals surface area contributed by atoms with E-state index in [1.165, 1.54) is 12.1 Å². The second-order valence-corrected chi connectivity index (χ2v) is 5.18. The van der Waals surface area contributed by atoms with Gasteiger partial charge in [-0.3, -0.25) is 9.59 Å². The van der Waals surface area contributed by atoms with Crippen LogP contribution in [0.5, 0.6) is 0 Å². The molecule has 0 spiro atoms. The SMILES string of the molecule is Cc1ccccc1C(=O)NCCNC(=O)c1ccccc1C(=O)O. The van der Waals surface area contributed by atoms with Crippen LogP contribution in [0.1, 0.15) is 36.6 Å². The summed E-state index contributed by atoms with van der Waals surface area (Å²) in [5, 5.41) is 14.4. The van der Waals surface area contributed by atoms with E-state index in [0.717, 1.165) is 5.56 Å². The summed E-state index contributed by atoms with van der Waals surface area (Å²) >= 11 is 0. The van der Waals surface area contributed by atoms with Crippen LogP contribution in [-0.4, -0.2) is 36.0 Å². The monoisotopic (exact) mass is 326 g/mol. The number of nitrogens with one attached hydrogen (secondary N) is 2. The second-order valence-electron chi connectivity index (χ2n) is 5.18. The molecule has 0 aliphatic heterocycles. The number of amides is 2. The number of carboxylic acids is 1. The lowest BCUT2D eigenvalue weighted by atomic mass is 10.1. The summed E-state index contributed by atoms with van der Waals surface area (Å²) in [6, 6.07) is 13.2. The Labute approximate surface area is 139 Å². The first-order valence-electron chi connectivity index (χ1n) is 7.45. The summed E-state index contributed by atoms with van der Waals surface area (Å²) < 4.78 is 0. The summed E-state index contributed by atoms with van der Waals surface area (Å²) in [5.74, 6) is -1.86. The molecule has 0 aliphatic rings. The highest BCUT2D eigenvalue weighted by atomic mass is 16.4. The average molecular weight is 326 g/mol. The highest BCUT2D eigenvalue weighted by Crippen LogP contribution is 2.08. The fourth-order valence-corrected chi connectivity index (χ4v) is 2.24. The Balaban J connectivity index is 1.87. The average Bonchev–Trinajstić information content (AvgIpc) is 2.58. The summed E-state index contributed by atoms with van der Waals surface area (Å²) in [6.45, 7) is 2.29. The van der Waals surface area contributed by atoms with Crippen LogP contribution in [0.25, 0.3) is 0 Å². The van der Waals surface area contributed by atoms with Crippen LogP contribution < -0.4 is 10.6 Å². The van der Waals surface area contributed by atoms with Crippen molar-refractivity contribution >= 4 is 17.8 Å². The Morgan fingerprint density at radius 3 is 1.79 bits per heavy atom. The van der Waals surface area contributed by atoms with Gasteiger partial charge in [0.2, 0.25) is 0 Å². The van der Waals surface area contributed by atoms with Gasteiger partial charge in [-0.1, -0.05) is 30.3 Å². The van der Waals surface area contributed by atoms with Crippen molar-refractivity contribution < 1.29 is 19.5 Å². The van der Waals surface area contributed by atoms with E-state index >= 15 is 0 Å². The van der Waals surface area contributed by atoms with Crippen LogP contribution in [0.15, 0.2) is 48.5 Å². The number of rotatable bonds is 6. The van der Waals surface area contributed by atoms with E-state index in [4.69, 9.17) is 5.11 Å². The Kier molecular flexibility index (Phi) is 5.68. The number of carbonyl (C=O) groups is 3. The molecule has 2 rings (SSSR count). The van der Waals surface area contributed by atoms with Gasteiger partial charge in [-0.25, -0.2) is 4.79 Å². The van der Waals surface area contributed by atoms with Crippen molar-refractivity contribution in [3.05, 3.63) is 70.8 Å². The van der Waals surface area contributed by atoms with E-state index in [0.29, 0.717) is 5.56 Å². The van der Waals surface area contributed by atoms with E-state index in [1.807, 2.05) is 19.1 Å². The lowest BCUT2D eigenvalue weighted by molar-refractivity contribution is 0.0691. The van der Waals surface area contributed by atoms with E-state index in [1.54, 1.807) is 24.3 Å². The third-order valence-corrected chi connectivity index (χ3v) is 3.49. The molecule has 2 aromatic carbocycles. The van der Waals surface area contributed by atoms with Crippen molar-refractivity contribution in [3.8, 4) is 0 Å². The molecule has 6 nitrogen and oxygen atoms in total. The van der Waals surface area contributed by atoms with Crippen molar-refractivity contribution in [2.45, 2.75) is 6.92 Å². The molecule has 0 unspecified atom stereocenters. The third-order valence-electron chi connectivity index (χ3n) is 3.49. The molecule has 2 amide bonds. The van der Waals surface area contributed by atoms with Gasteiger partial charge in [-0.15, -0.1) is 0 Å². The van der Waals surface area contributed by atoms with E-state index in [-0.39, 0.29) is 30.1 Å². The number of hydrogen-bond acceptors (Lipinski definition) is 3. The standard InChI is InChI=1S/C18H18N2O4/c1-12-6-2-3-7-13(12)16(21)19-10-11-20-17(22)14-8-4-5-9-15(14)18(23)24/h2-9H,10-11H2,1H3,(H,19,21)(H,20,22)(H,23,24). The minimum Gasteiger partial charge on any atom is -0.478 e. The zero-order chi connectivity index (χ0) is 17.5. The number of aryl methyl sites for hydroxylation is 1. The van der Waals surface area contributed by atoms with Crippen molar-refractivity contribution in [1.29, 1.82) is 0 Å². The predicted molar refractivity (Wildman–Crippen MR) is 89.2 cm³/mol. The molecule has 0 aliphatic carbocycles. The summed E-state index contributed by atoms with van der Waals surface area (Å²) in [6.07, 6.45) is 0. The van der Waals surface area contributed by atoms with Crippen molar-refractivity contribution in [1.82, 2.24) is 10.6 Å². The number of carboxylic acid groups (broad SMARTS) is 1. The number of aromatic carboxylic acids is 1. The fourth-order valence-electron chi connectivity index (χ4n) is 2.24. The molecule has 0 aromatic heterocycles. The van der Waals surface area contributed by atoms with Gasteiger partial charge in [0.25, 0.3) is 11.8 Å². The van der Waals surface area contributed by atoms with Gasteiger partial charge in [-0.05, 0) is 30.7 Å². The van der Waals surface area contributed by atoms with Gasteiger partial charge in [0.1, 0.15) is 0 Å². The smallest absolute Gasteiger partial charge is 0.336 e. The highest BCUT2D eigenvalue weighted by molar-refractivity contribution is 6.04. The van der Waals surface area contributed by atoms with Gasteiger partial charge in [-0.2, -0.15) is 0 Å². The Bertz CT molecular complexity index is 771. The Morgan fingerprint density at radius 1 is 0.792 bits per heavy atom. The molecular weight excluding hydrogens is 308 g/mol. The first-order valence-corrected chi connectivity index (χ1v) is 7.45. The zero-order valence-electron chi connectivity index (χ0n) is 13.2. The third kappa shape index (κ3) is 4.19. The molecule has 6 heteroatoms. The van der Waals surface area contributed by atoms with Crippen molar-refractivity contribution in [2.75, 3.05) is 13.1 Å². The molecule has 0 saturated heterocycles. The molecule has 24 heavy (non-hydrogen) atoms. The zero-order valence-corrected chi connectivity index (χ0v) is 13.2. The molecular formula is C18H18N2O4. The van der Waals surface area contributed by atoms with E-state index < -0.39 is 11.9 Å². The second kappa shape index (κ2) is 7.92. The Morgan fingerprint density at radius 2 is 1.25 bits per heavy atom. The topological polar surface area (TPSA) is 95.5 Å². The van der Waals surface area contributed by atoms with Gasteiger partial charge >= 0.3 is 5.97 Å². The van der Waals surface area contributed by atoms with Crippen LogP contribution >= 0.6 is 0 Å². The van der Waals surface area contributed by atoms with Gasteiger partial charge in [0.05, 0.1) is 11.1 Å². The maximum Gasteiger partial charge on any atom is 0.336 e. The molecule has 0 radical (unpaired) electrons. The van der Waals surface area contributed by atoms with E-state index in [9.17, 15) is 14.4 Å². The van der Waals surface area contributed by atoms with Crippen LogP contribution in [0, 0.1) is 6.92 Å². The molecule has 0 atom stereocenters. The Hall–Kier alpha value is -3.15. The minimum atomic E-state index is -1.16. The van der Waals surface area contributed by atoms with Gasteiger partial charge in [0, 0.05) is 18.7 Å². The minimum absolute atomic E-state index is 0.0565. The lowest BCUT2D eigenvalue weighted by Crippen LogP contribution is -2.35. The fraction of sp³-hybridized carbons (Fsp3) is 0.167. The van der Waals surface area contributed by atoms with Gasteiger partial charge < -0.3 is 15.7 Å². The molecule has 0 bridgehead atoms. The van der Waals surface area contributed by atoms with Crippen molar-refractivity contribution in [3.63, 3.8) is 0 Å². The van der Waals surface area contributed by atoms with E-state index in [2.05, 4.69) is 10.6 Å². The highest BCUT2D eigenvalue weighted by Gasteiger charge is 2.15. The number of hydrogen-bond donors (Lipinski definition) is 3. The molecule has 0 saturated carbocycles. The first-order chi connectivity index (χ1) is 11.5. The number of benzene rings is 2. The summed E-state index contributed by atoms with van der Waals surface area (Å²) in [7, 11) is 0. The van der Waals surface area contributed by atoms with Crippen LogP contribution in [0.4, 0.5) is 0 Å². The largest absolute Gasteiger partial charge is 0.478 e. The molecule has 0 heterocycles. The number of carbonyl (C=O) groups excluding carboxylic acids is 2. The maximum absolute atomic E-state index is 12.1. The van der Waals surface area contributed by atoms with Crippen LogP contribution in [-0.2, 0) is 0 Å². The lowest BCUT2D eigenvalue weighted by Gasteiger charge is -2.09. The summed E-state index contributed by atoms with van der Waals surface area (Å²) in [5.41, 5.74) is 1.49. The molecule has 0 fully saturated rings. The van der Waals surface area contributed by atoms with Crippen LogP contribution in [0.3, 0.4) is 0 Å².